The first-order valence-corrected chi connectivity index (χ1v) is 5.99. The zero-order valence-corrected chi connectivity index (χ0v) is 10.9. The Kier molecular flexibility index (Phi) is 3.29. The molecule has 0 radical (unpaired) electrons. The second-order valence-corrected chi connectivity index (χ2v) is 5.15. The highest BCUT2D eigenvalue weighted by molar-refractivity contribution is 6.06. The van der Waals surface area contributed by atoms with Crippen molar-refractivity contribution < 1.29 is 14.7 Å². The fourth-order valence-electron chi connectivity index (χ4n) is 2.08. The van der Waals surface area contributed by atoms with Gasteiger partial charge in [-0.3, -0.25) is 9.59 Å². The van der Waals surface area contributed by atoms with Crippen molar-refractivity contribution in [2.24, 2.45) is 0 Å². The van der Waals surface area contributed by atoms with E-state index in [1.807, 2.05) is 12.1 Å². The Morgan fingerprint density at radius 1 is 1.32 bits per heavy atom. The number of benzene rings is 1. The van der Waals surface area contributed by atoms with Crippen molar-refractivity contribution in [3.63, 3.8) is 0 Å². The highest BCUT2D eigenvalue weighted by atomic mass is 16.4. The van der Waals surface area contributed by atoms with Crippen LogP contribution >= 0.6 is 0 Å². The lowest BCUT2D eigenvalue weighted by atomic mass is 9.99. The second kappa shape index (κ2) is 4.76. The summed E-state index contributed by atoms with van der Waals surface area (Å²) in [5.41, 5.74) is 0.627. The van der Waals surface area contributed by atoms with Crippen LogP contribution in [0.3, 0.4) is 0 Å². The molecule has 0 atom stereocenters. The lowest BCUT2D eigenvalue weighted by Gasteiger charge is -2.24. The molecule has 0 fully saturated rings. The minimum atomic E-state index is -0.940. The first kappa shape index (κ1) is 13.1. The van der Waals surface area contributed by atoms with Crippen LogP contribution in [0.2, 0.25) is 0 Å². The number of hydrogen-bond acceptors (Lipinski definition) is 2. The van der Waals surface area contributed by atoms with E-state index in [0.29, 0.717) is 5.56 Å². The Labute approximate surface area is 110 Å². The number of carboxylic acids is 1. The van der Waals surface area contributed by atoms with Gasteiger partial charge in [0.25, 0.3) is 5.91 Å². The van der Waals surface area contributed by atoms with Gasteiger partial charge in [0.1, 0.15) is 0 Å². The van der Waals surface area contributed by atoms with E-state index in [-0.39, 0.29) is 12.3 Å². The number of aromatic nitrogens is 1. The third-order valence-corrected chi connectivity index (χ3v) is 2.88. The van der Waals surface area contributed by atoms with E-state index in [1.54, 1.807) is 32.2 Å². The fourth-order valence-corrected chi connectivity index (χ4v) is 2.08. The van der Waals surface area contributed by atoms with E-state index in [0.717, 1.165) is 10.9 Å². The van der Waals surface area contributed by atoms with E-state index in [4.69, 9.17) is 5.11 Å². The molecule has 0 unspecified atom stereocenters. The maximum absolute atomic E-state index is 12.2. The van der Waals surface area contributed by atoms with Gasteiger partial charge < -0.3 is 15.4 Å². The molecule has 0 bridgehead atoms. The number of aromatic amines is 1. The van der Waals surface area contributed by atoms with Gasteiger partial charge in [0.05, 0.1) is 6.42 Å². The van der Waals surface area contributed by atoms with Gasteiger partial charge in [-0.2, -0.15) is 0 Å². The monoisotopic (exact) mass is 260 g/mol. The van der Waals surface area contributed by atoms with Gasteiger partial charge in [0.15, 0.2) is 0 Å². The summed E-state index contributed by atoms with van der Waals surface area (Å²) in [6.45, 7) is 3.38. The SMILES string of the molecule is CC(C)(CC(=O)O)NC(=O)c1cccc2[nH]ccc12. The van der Waals surface area contributed by atoms with E-state index >= 15 is 0 Å². The number of aliphatic carboxylic acids is 1. The number of rotatable bonds is 4. The first-order chi connectivity index (χ1) is 8.89. The first-order valence-electron chi connectivity index (χ1n) is 5.99. The molecular formula is C14H16N2O3. The molecule has 0 spiro atoms. The number of fused-ring (bicyclic) bond motifs is 1. The quantitative estimate of drug-likeness (QED) is 0.787. The van der Waals surface area contributed by atoms with Gasteiger partial charge in [-0.15, -0.1) is 0 Å². The van der Waals surface area contributed by atoms with Crippen LogP contribution in [0.25, 0.3) is 10.9 Å². The smallest absolute Gasteiger partial charge is 0.305 e. The van der Waals surface area contributed by atoms with Crippen LogP contribution in [-0.2, 0) is 4.79 Å². The number of carbonyl (C=O) groups is 2. The maximum Gasteiger partial charge on any atom is 0.305 e. The van der Waals surface area contributed by atoms with Crippen LogP contribution in [0, 0.1) is 0 Å². The molecule has 1 amide bonds. The third kappa shape index (κ3) is 2.93. The Morgan fingerprint density at radius 2 is 2.05 bits per heavy atom. The molecule has 2 rings (SSSR count). The molecule has 3 N–H and O–H groups in total. The summed E-state index contributed by atoms with van der Waals surface area (Å²) < 4.78 is 0. The highest BCUT2D eigenvalue weighted by Crippen LogP contribution is 2.18. The van der Waals surface area contributed by atoms with Gasteiger partial charge in [0, 0.05) is 28.2 Å². The summed E-state index contributed by atoms with van der Waals surface area (Å²) in [5, 5.41) is 12.4. The Hall–Kier alpha value is -2.30. The zero-order valence-electron chi connectivity index (χ0n) is 10.9. The van der Waals surface area contributed by atoms with E-state index in [2.05, 4.69) is 10.3 Å². The molecule has 5 nitrogen and oxygen atoms in total. The van der Waals surface area contributed by atoms with E-state index in [1.165, 1.54) is 0 Å². The van der Waals surface area contributed by atoms with Gasteiger partial charge in [-0.1, -0.05) is 6.07 Å². The Balaban J connectivity index is 2.25. The Morgan fingerprint density at radius 3 is 2.74 bits per heavy atom. The van der Waals surface area contributed by atoms with Gasteiger partial charge in [0.2, 0.25) is 0 Å². The molecular weight excluding hydrogens is 244 g/mol. The topological polar surface area (TPSA) is 82.2 Å². The minimum Gasteiger partial charge on any atom is -0.481 e. The number of carboxylic acid groups (broad SMARTS) is 1. The van der Waals surface area contributed by atoms with Crippen molar-refractivity contribution in [3.05, 3.63) is 36.0 Å². The lowest BCUT2D eigenvalue weighted by Crippen LogP contribution is -2.44. The van der Waals surface area contributed by atoms with Gasteiger partial charge >= 0.3 is 5.97 Å². The number of nitrogens with one attached hydrogen (secondary N) is 2. The average Bonchev–Trinajstić information content (AvgIpc) is 2.73. The van der Waals surface area contributed by atoms with Crippen molar-refractivity contribution in [1.29, 1.82) is 0 Å². The molecule has 5 heteroatoms. The highest BCUT2D eigenvalue weighted by Gasteiger charge is 2.25. The van der Waals surface area contributed by atoms with Crippen LogP contribution in [0.4, 0.5) is 0 Å². The summed E-state index contributed by atoms with van der Waals surface area (Å²) in [7, 11) is 0. The molecule has 1 aromatic carbocycles. The number of hydrogen-bond donors (Lipinski definition) is 3. The molecule has 1 heterocycles. The molecule has 19 heavy (non-hydrogen) atoms. The van der Waals surface area contributed by atoms with E-state index in [9.17, 15) is 9.59 Å². The van der Waals surface area contributed by atoms with Crippen LogP contribution in [0.15, 0.2) is 30.5 Å². The van der Waals surface area contributed by atoms with Crippen LogP contribution in [-0.4, -0.2) is 27.5 Å². The predicted octanol–water partition coefficient (Wildman–Crippen LogP) is 2.15. The van der Waals surface area contributed by atoms with Crippen molar-refractivity contribution >= 4 is 22.8 Å². The van der Waals surface area contributed by atoms with Crippen LogP contribution in [0.5, 0.6) is 0 Å². The van der Waals surface area contributed by atoms with Crippen molar-refractivity contribution in [1.82, 2.24) is 10.3 Å². The number of carbonyl (C=O) groups excluding carboxylic acids is 1. The maximum atomic E-state index is 12.2. The van der Waals surface area contributed by atoms with Crippen molar-refractivity contribution in [2.45, 2.75) is 25.8 Å². The molecule has 1 aromatic heterocycles. The summed E-state index contributed by atoms with van der Waals surface area (Å²) in [5.74, 6) is -1.21. The summed E-state index contributed by atoms with van der Waals surface area (Å²) in [6.07, 6.45) is 1.64. The molecule has 2 aromatic rings. The Bertz CT molecular complexity index is 628. The van der Waals surface area contributed by atoms with Gasteiger partial charge in [-0.25, -0.2) is 0 Å². The molecule has 0 saturated carbocycles. The number of amides is 1. The lowest BCUT2D eigenvalue weighted by molar-refractivity contribution is -0.138. The fraction of sp³-hybridized carbons (Fsp3) is 0.286. The second-order valence-electron chi connectivity index (χ2n) is 5.15. The van der Waals surface area contributed by atoms with Crippen LogP contribution < -0.4 is 5.32 Å². The predicted molar refractivity (Wildman–Crippen MR) is 72.1 cm³/mol. The summed E-state index contributed by atoms with van der Waals surface area (Å²) in [6, 6.07) is 7.23. The van der Waals surface area contributed by atoms with E-state index < -0.39 is 11.5 Å². The molecule has 0 aliphatic carbocycles. The zero-order chi connectivity index (χ0) is 14.0. The minimum absolute atomic E-state index is 0.123. The standard InChI is InChI=1S/C14H16N2O3/c1-14(2,8-12(17)18)16-13(19)10-4-3-5-11-9(10)6-7-15-11/h3-7,15H,8H2,1-2H3,(H,16,19)(H,17,18). The van der Waals surface area contributed by atoms with Crippen molar-refractivity contribution in [2.75, 3.05) is 0 Å². The average molecular weight is 260 g/mol. The molecule has 0 saturated heterocycles. The largest absolute Gasteiger partial charge is 0.481 e. The molecule has 0 aliphatic rings. The molecule has 0 aliphatic heterocycles. The normalized spacial score (nSPS) is 11.5. The molecule has 100 valence electrons. The summed E-state index contributed by atoms with van der Waals surface area (Å²) >= 11 is 0. The number of H-pyrrole nitrogens is 1. The summed E-state index contributed by atoms with van der Waals surface area (Å²) in [4.78, 5) is 26.0. The van der Waals surface area contributed by atoms with Crippen LogP contribution in [0.1, 0.15) is 30.6 Å². The van der Waals surface area contributed by atoms with Gasteiger partial charge in [-0.05, 0) is 32.0 Å². The van der Waals surface area contributed by atoms with Crippen molar-refractivity contribution in [3.8, 4) is 0 Å². The third-order valence-electron chi connectivity index (χ3n) is 2.88.